The fourth-order valence-electron chi connectivity index (χ4n) is 4.39. The molecule has 198 valence electrons. The highest BCUT2D eigenvalue weighted by atomic mass is 35.5. The molecule has 1 aromatic heterocycles. The molecule has 0 aliphatic carbocycles. The number of urea groups is 1. The Balaban J connectivity index is 2.01. The Kier molecular flexibility index (Phi) is 7.75. The van der Waals surface area contributed by atoms with Gasteiger partial charge >= 0.3 is 6.03 Å². The van der Waals surface area contributed by atoms with Crippen LogP contribution >= 0.6 is 11.6 Å². The molecule has 4 aromatic rings. The fraction of sp³-hybridized carbons (Fsp3) is 0.222. The molecule has 0 radical (unpaired) electrons. The van der Waals surface area contributed by atoms with Crippen LogP contribution in [0.15, 0.2) is 59.8 Å². The number of primary amides is 1. The number of imide groups is 1. The zero-order valence-electron chi connectivity index (χ0n) is 21.7. The maximum absolute atomic E-state index is 14.5. The number of halogens is 1. The fourth-order valence-corrected chi connectivity index (χ4v) is 5.97. The minimum Gasteiger partial charge on any atom is -0.496 e. The molecule has 3 aromatic carbocycles. The van der Waals surface area contributed by atoms with Crippen molar-refractivity contribution in [3.05, 3.63) is 81.9 Å². The smallest absolute Gasteiger partial charge is 0.342 e. The van der Waals surface area contributed by atoms with Crippen molar-refractivity contribution in [1.82, 2.24) is 14.6 Å². The molecule has 1 unspecified atom stereocenters. The quantitative estimate of drug-likeness (QED) is 0.312. The molecule has 0 bridgehead atoms. The summed E-state index contributed by atoms with van der Waals surface area (Å²) in [5.41, 5.74) is 9.71. The van der Waals surface area contributed by atoms with E-state index in [0.29, 0.717) is 44.6 Å². The number of rotatable bonds is 7. The first-order valence-corrected chi connectivity index (χ1v) is 13.3. The normalized spacial score (nSPS) is 11.8. The van der Waals surface area contributed by atoms with E-state index in [2.05, 4.69) is 4.98 Å². The van der Waals surface area contributed by atoms with Gasteiger partial charge in [0, 0.05) is 17.1 Å². The van der Waals surface area contributed by atoms with Gasteiger partial charge in [0.25, 0.3) is 5.91 Å². The standard InChI is InChI=1S/C27H28ClN5O4S/c1-6-31-23-15-20(28)12-13-21(23)30-27(31)38(36)33(22-14-16(2)24(37-5)18(4)17(22)3)32(26(29)35)25(34)19-10-8-7-9-11-19/h7-15H,6H2,1-5H3,(H2,29,35). The molecule has 4 rings (SSSR count). The largest absolute Gasteiger partial charge is 0.496 e. The number of carbonyl (C=O) groups is 2. The van der Waals surface area contributed by atoms with Crippen molar-refractivity contribution in [2.75, 3.05) is 11.5 Å². The average molecular weight is 554 g/mol. The molecular formula is C27H28ClN5O4S. The van der Waals surface area contributed by atoms with E-state index < -0.39 is 22.9 Å². The number of hydrazine groups is 1. The summed E-state index contributed by atoms with van der Waals surface area (Å²) in [6.45, 7) is 7.76. The van der Waals surface area contributed by atoms with Crippen molar-refractivity contribution < 1.29 is 18.5 Å². The number of aromatic nitrogens is 2. The van der Waals surface area contributed by atoms with Gasteiger partial charge in [-0.25, -0.2) is 14.0 Å². The molecule has 11 heteroatoms. The molecule has 2 N–H and O–H groups in total. The van der Waals surface area contributed by atoms with Crippen LogP contribution < -0.4 is 14.9 Å². The molecular weight excluding hydrogens is 526 g/mol. The van der Waals surface area contributed by atoms with E-state index in [4.69, 9.17) is 22.1 Å². The summed E-state index contributed by atoms with van der Waals surface area (Å²) >= 11 is 6.23. The average Bonchev–Trinajstić information content (AvgIpc) is 3.27. The summed E-state index contributed by atoms with van der Waals surface area (Å²) < 4.78 is 22.9. The highest BCUT2D eigenvalue weighted by Crippen LogP contribution is 2.36. The minimum atomic E-state index is -2.20. The lowest BCUT2D eigenvalue weighted by atomic mass is 10.0. The van der Waals surface area contributed by atoms with Gasteiger partial charge in [-0.05, 0) is 80.8 Å². The van der Waals surface area contributed by atoms with Crippen LogP contribution in [0.4, 0.5) is 10.5 Å². The van der Waals surface area contributed by atoms with Gasteiger partial charge in [0.2, 0.25) is 16.1 Å². The van der Waals surface area contributed by atoms with Gasteiger partial charge < -0.3 is 15.0 Å². The van der Waals surface area contributed by atoms with Crippen molar-refractivity contribution in [3.63, 3.8) is 0 Å². The van der Waals surface area contributed by atoms with Crippen molar-refractivity contribution in [3.8, 4) is 5.75 Å². The van der Waals surface area contributed by atoms with Gasteiger partial charge in [0.15, 0.2) is 0 Å². The van der Waals surface area contributed by atoms with Gasteiger partial charge in [0.05, 0.1) is 23.8 Å². The maximum Gasteiger partial charge on any atom is 0.342 e. The Hall–Kier alpha value is -3.89. The number of methoxy groups -OCH3 is 1. The molecule has 0 spiro atoms. The minimum absolute atomic E-state index is 0.127. The summed E-state index contributed by atoms with van der Waals surface area (Å²) in [7, 11) is -0.634. The molecule has 38 heavy (non-hydrogen) atoms. The van der Waals surface area contributed by atoms with Gasteiger partial charge in [-0.2, -0.15) is 9.42 Å². The van der Waals surface area contributed by atoms with Gasteiger partial charge in [-0.15, -0.1) is 0 Å². The first-order valence-electron chi connectivity index (χ1n) is 11.8. The number of carbonyl (C=O) groups excluding carboxylic acids is 2. The second kappa shape index (κ2) is 10.8. The number of aryl methyl sites for hydroxylation is 2. The number of ether oxygens (including phenoxy) is 1. The maximum atomic E-state index is 14.5. The van der Waals surface area contributed by atoms with Crippen LogP contribution in [0.2, 0.25) is 5.02 Å². The summed E-state index contributed by atoms with van der Waals surface area (Å²) in [6.07, 6.45) is 0. The third kappa shape index (κ3) is 4.72. The van der Waals surface area contributed by atoms with Gasteiger partial charge in [0.1, 0.15) is 5.75 Å². The Morgan fingerprint density at radius 3 is 2.37 bits per heavy atom. The van der Waals surface area contributed by atoms with E-state index >= 15 is 0 Å². The number of hydrogen-bond acceptors (Lipinski definition) is 5. The molecule has 0 aliphatic rings. The van der Waals surface area contributed by atoms with E-state index in [1.807, 2.05) is 20.8 Å². The van der Waals surface area contributed by atoms with Crippen LogP contribution in [-0.2, 0) is 17.5 Å². The topological polar surface area (TPSA) is 111 Å². The van der Waals surface area contributed by atoms with E-state index in [0.717, 1.165) is 15.5 Å². The Morgan fingerprint density at radius 2 is 1.76 bits per heavy atom. The number of anilines is 1. The number of hydrogen-bond donors (Lipinski definition) is 1. The molecule has 0 fully saturated rings. The Morgan fingerprint density at radius 1 is 1.08 bits per heavy atom. The highest BCUT2D eigenvalue weighted by molar-refractivity contribution is 7.86. The van der Waals surface area contributed by atoms with Crippen LogP contribution in [0.1, 0.15) is 34.0 Å². The molecule has 1 heterocycles. The zero-order chi connectivity index (χ0) is 27.7. The number of nitrogens with two attached hydrogens (primary N) is 1. The molecule has 3 amide bonds. The zero-order valence-corrected chi connectivity index (χ0v) is 23.3. The third-order valence-corrected chi connectivity index (χ3v) is 7.85. The summed E-state index contributed by atoms with van der Waals surface area (Å²) in [5, 5.41) is 1.32. The van der Waals surface area contributed by atoms with Crippen LogP contribution in [0.5, 0.6) is 5.75 Å². The number of imidazole rings is 1. The van der Waals surface area contributed by atoms with E-state index in [-0.39, 0.29) is 10.7 Å². The monoisotopic (exact) mass is 553 g/mol. The van der Waals surface area contributed by atoms with Crippen LogP contribution in [0.3, 0.4) is 0 Å². The molecule has 0 saturated heterocycles. The summed E-state index contributed by atoms with van der Waals surface area (Å²) in [4.78, 5) is 31.2. The molecule has 9 nitrogen and oxygen atoms in total. The first kappa shape index (κ1) is 27.2. The SMILES string of the molecule is CCn1c(S(=O)N(c2cc(C)c(OC)c(C)c2C)N(C(N)=O)C(=O)c2ccccc2)nc2ccc(Cl)cc21. The van der Waals surface area contributed by atoms with Gasteiger partial charge in [-0.1, -0.05) is 29.8 Å². The number of fused-ring (bicyclic) bond motifs is 1. The summed E-state index contributed by atoms with van der Waals surface area (Å²) in [5.74, 6) is -0.0911. The number of benzene rings is 3. The Bertz CT molecular complexity index is 1570. The molecule has 0 saturated carbocycles. The predicted octanol–water partition coefficient (Wildman–Crippen LogP) is 5.31. The lowest BCUT2D eigenvalue weighted by Gasteiger charge is -2.33. The lowest BCUT2D eigenvalue weighted by Crippen LogP contribution is -2.54. The van der Waals surface area contributed by atoms with E-state index in [1.165, 1.54) is 0 Å². The van der Waals surface area contributed by atoms with Crippen molar-refractivity contribution in [2.24, 2.45) is 5.73 Å². The van der Waals surface area contributed by atoms with E-state index in [1.54, 1.807) is 73.2 Å². The summed E-state index contributed by atoms with van der Waals surface area (Å²) in [6, 6.07) is 14.0. The van der Waals surface area contributed by atoms with Crippen molar-refractivity contribution in [2.45, 2.75) is 39.4 Å². The second-order valence-corrected chi connectivity index (χ2v) is 10.3. The molecule has 1 atom stereocenters. The van der Waals surface area contributed by atoms with Crippen LogP contribution in [0, 0.1) is 20.8 Å². The van der Waals surface area contributed by atoms with Crippen LogP contribution in [-0.4, -0.2) is 37.8 Å². The van der Waals surface area contributed by atoms with E-state index in [9.17, 15) is 13.8 Å². The highest BCUT2D eigenvalue weighted by Gasteiger charge is 2.36. The second-order valence-electron chi connectivity index (χ2n) is 8.61. The van der Waals surface area contributed by atoms with Crippen molar-refractivity contribution in [1.29, 1.82) is 0 Å². The number of nitrogens with zero attached hydrogens (tertiary/aromatic N) is 4. The lowest BCUT2D eigenvalue weighted by molar-refractivity contribution is 0.0816. The molecule has 0 aliphatic heterocycles. The van der Waals surface area contributed by atoms with Crippen molar-refractivity contribution >= 4 is 51.2 Å². The third-order valence-electron chi connectivity index (χ3n) is 6.32. The van der Waals surface area contributed by atoms with Gasteiger partial charge in [-0.3, -0.25) is 4.79 Å². The first-order chi connectivity index (χ1) is 18.1. The predicted molar refractivity (Wildman–Crippen MR) is 149 cm³/mol. The number of amides is 3. The Labute approximate surface area is 228 Å². The van der Waals surface area contributed by atoms with Crippen LogP contribution in [0.25, 0.3) is 11.0 Å².